The van der Waals surface area contributed by atoms with Crippen molar-refractivity contribution in [2.45, 2.75) is 109 Å². The molecule has 8 rings (SSSR count). The van der Waals surface area contributed by atoms with Gasteiger partial charge in [-0.15, -0.1) is 6.42 Å². The molecule has 0 aliphatic carbocycles. The minimum absolute atomic E-state index is 0.0330. The van der Waals surface area contributed by atoms with E-state index in [1.165, 1.54) is 7.11 Å². The summed E-state index contributed by atoms with van der Waals surface area (Å²) in [4.78, 5) is 62.4. The fraction of sp³-hybridized carbons (Fsp3) is 0.383. The Morgan fingerprint density at radius 2 is 1.57 bits per heavy atom. The van der Waals surface area contributed by atoms with Crippen LogP contribution in [-0.2, 0) is 35.6 Å². The minimum Gasteiger partial charge on any atom is -0.493 e. The lowest BCUT2D eigenvalue weighted by Crippen LogP contribution is -2.39. The van der Waals surface area contributed by atoms with Crippen LogP contribution in [0.25, 0.3) is 0 Å². The zero-order chi connectivity index (χ0) is 53.9. The Kier molecular flexibility index (Phi) is 18.3. The second kappa shape index (κ2) is 25.2. The smallest absolute Gasteiger partial charge is 0.260 e. The lowest BCUT2D eigenvalue weighted by atomic mass is 10.1. The molecule has 14 nitrogen and oxygen atoms in total. The van der Waals surface area contributed by atoms with Gasteiger partial charge in [0, 0.05) is 66.9 Å². The minimum atomic E-state index is -0.627. The van der Waals surface area contributed by atoms with Gasteiger partial charge in [-0.1, -0.05) is 84.2 Å². The zero-order valence-electron chi connectivity index (χ0n) is 44.3. The zero-order valence-corrected chi connectivity index (χ0v) is 45.9. The Balaban J connectivity index is 0.980. The molecule has 16 heteroatoms. The number of terminal acetylenes is 1. The van der Waals surface area contributed by atoms with Gasteiger partial charge < -0.3 is 44.7 Å². The first-order valence-electron chi connectivity index (χ1n) is 26.0. The van der Waals surface area contributed by atoms with Gasteiger partial charge in [-0.25, -0.2) is 0 Å². The van der Waals surface area contributed by atoms with Crippen LogP contribution in [0.4, 0.5) is 28.4 Å². The summed E-state index contributed by atoms with van der Waals surface area (Å²) in [6, 6.07) is 28.2. The summed E-state index contributed by atoms with van der Waals surface area (Å²) in [5.74, 6) is 5.22. The summed E-state index contributed by atoms with van der Waals surface area (Å²) in [6.45, 7) is 13.5. The number of para-hydroxylation sites is 2. The molecule has 0 saturated heterocycles. The highest BCUT2D eigenvalue weighted by Crippen LogP contribution is 2.43. The van der Waals surface area contributed by atoms with Crippen molar-refractivity contribution in [1.29, 1.82) is 0 Å². The average Bonchev–Trinajstić information content (AvgIpc) is 3.96. The maximum absolute atomic E-state index is 14.2. The van der Waals surface area contributed by atoms with Crippen LogP contribution in [0.1, 0.15) is 109 Å². The van der Waals surface area contributed by atoms with Crippen LogP contribution in [0.15, 0.2) is 96.0 Å². The monoisotopic (exact) mass is 1060 g/mol. The lowest BCUT2D eigenvalue weighted by Gasteiger charge is -2.24. The largest absolute Gasteiger partial charge is 0.493 e. The second-order valence-electron chi connectivity index (χ2n) is 19.8. The Morgan fingerprint density at radius 1 is 0.895 bits per heavy atom. The van der Waals surface area contributed by atoms with Crippen LogP contribution >= 0.6 is 21.6 Å². The predicted octanol–water partition coefficient (Wildman–Crippen LogP) is 11.6. The molecule has 0 bridgehead atoms. The molecule has 0 fully saturated rings. The first kappa shape index (κ1) is 55.2. The van der Waals surface area contributed by atoms with Gasteiger partial charge in [-0.2, -0.15) is 0 Å². The van der Waals surface area contributed by atoms with E-state index in [0.29, 0.717) is 94.2 Å². The fourth-order valence-electron chi connectivity index (χ4n) is 9.79. The number of hydrogen-bond donors (Lipinski definition) is 3. The van der Waals surface area contributed by atoms with Crippen LogP contribution in [0.2, 0.25) is 0 Å². The topological polar surface area (TPSA) is 160 Å². The van der Waals surface area contributed by atoms with E-state index in [1.807, 2.05) is 79.4 Å². The van der Waals surface area contributed by atoms with E-state index in [-0.39, 0.29) is 55.3 Å². The van der Waals surface area contributed by atoms with E-state index in [2.05, 4.69) is 53.5 Å². The van der Waals surface area contributed by atoms with Crippen molar-refractivity contribution in [3.05, 3.63) is 124 Å². The van der Waals surface area contributed by atoms with Gasteiger partial charge in [0.25, 0.3) is 11.8 Å². The number of rotatable bonds is 24. The molecular formula is C60H68N6O8S2. The van der Waals surface area contributed by atoms with Crippen molar-refractivity contribution in [2.24, 2.45) is 10.9 Å². The Bertz CT molecular complexity index is 3020. The Hall–Kier alpha value is -7.09. The van der Waals surface area contributed by atoms with E-state index < -0.39 is 4.75 Å². The highest BCUT2D eigenvalue weighted by molar-refractivity contribution is 8.77. The number of carbonyl (C=O) groups is 4. The van der Waals surface area contributed by atoms with Crippen molar-refractivity contribution in [1.82, 2.24) is 5.32 Å². The number of ether oxygens (including phenoxy) is 4. The number of carbonyl (C=O) groups excluding carboxylic acids is 4. The van der Waals surface area contributed by atoms with Gasteiger partial charge in [-0.05, 0) is 123 Å². The van der Waals surface area contributed by atoms with Gasteiger partial charge in [0.2, 0.25) is 11.8 Å². The molecule has 3 heterocycles. The van der Waals surface area contributed by atoms with Gasteiger partial charge in [0.1, 0.15) is 13.2 Å². The highest BCUT2D eigenvalue weighted by atomic mass is 33.1. The summed E-state index contributed by atoms with van der Waals surface area (Å²) < 4.78 is 23.9. The molecular weight excluding hydrogens is 997 g/mol. The fourth-order valence-corrected chi connectivity index (χ4v) is 12.4. The maximum Gasteiger partial charge on any atom is 0.260 e. The van der Waals surface area contributed by atoms with Gasteiger partial charge in [0.15, 0.2) is 23.0 Å². The summed E-state index contributed by atoms with van der Waals surface area (Å²) in [5, 5.41) is 9.60. The van der Waals surface area contributed by atoms with Gasteiger partial charge >= 0.3 is 0 Å². The van der Waals surface area contributed by atoms with Crippen molar-refractivity contribution in [3.8, 4) is 35.3 Å². The summed E-state index contributed by atoms with van der Waals surface area (Å²) in [7, 11) is 6.22. The second-order valence-corrected chi connectivity index (χ2v) is 22.7. The number of nitrogens with one attached hydrogen (secondary N) is 3. The van der Waals surface area contributed by atoms with E-state index in [4.69, 9.17) is 25.4 Å². The molecule has 2 unspecified atom stereocenters. The SMILES string of the molecule is C#C[C@](C)(CCC(=O)Nc1cc(COc2cc(N=C)c(C(=O)N3c4ccccc4CC3C)cc2OC)cc(COc2cc3c(cc2OC)C(=O)N2c4ccccc4C[C@H]2CN3)c1)SSCCCC(=O)NCCC(C)CC. The van der Waals surface area contributed by atoms with Crippen LogP contribution in [0.3, 0.4) is 0 Å². The number of amides is 4. The van der Waals surface area contributed by atoms with Gasteiger partial charge in [0.05, 0.1) is 47.5 Å². The molecule has 3 aliphatic rings. The summed E-state index contributed by atoms with van der Waals surface area (Å²) in [6.07, 6.45) is 11.4. The highest BCUT2D eigenvalue weighted by Gasteiger charge is 2.38. The normalized spacial score (nSPS) is 16.3. The molecule has 0 radical (unpaired) electrons. The summed E-state index contributed by atoms with van der Waals surface area (Å²) in [5.41, 5.74) is 7.73. The molecule has 76 heavy (non-hydrogen) atoms. The third kappa shape index (κ3) is 12.9. The molecule has 0 aromatic heterocycles. The molecule has 398 valence electrons. The van der Waals surface area contributed by atoms with E-state index >= 15 is 0 Å². The molecule has 4 atom stereocenters. The molecule has 0 saturated carbocycles. The Morgan fingerprint density at radius 3 is 2.25 bits per heavy atom. The van der Waals surface area contributed by atoms with E-state index in [0.717, 1.165) is 60.4 Å². The van der Waals surface area contributed by atoms with E-state index in [1.54, 1.807) is 57.9 Å². The number of benzene rings is 5. The molecule has 5 aromatic carbocycles. The Labute approximate surface area is 454 Å². The van der Waals surface area contributed by atoms with Crippen LogP contribution in [-0.4, -0.2) is 80.2 Å². The standard InChI is InChI=1S/C60H68N6O8S2/c1-9-38(3)22-24-62-56(67)20-15-25-75-76-60(5,10-2)23-21-57(68)64-44-28-40(36-73-54-33-48(61-6)46(31-52(54)71-7)58(69)65-39(4)26-42-16-11-13-18-50(42)65)27-41(29-44)37-74-55-34-49-47(32-53(55)72-8)59(70)66-45(35-63-49)30-43-17-12-14-19-51(43)66/h2,11-14,16-19,27-29,31-34,38-39,45,63H,6,9,15,20-26,30,35-37H2,1,3-5,7-8H3,(H,62,67)(H,64,68)/t38?,39?,45-,60+/m0/s1. The quantitative estimate of drug-likeness (QED) is 0.0234. The first-order valence-corrected chi connectivity index (χ1v) is 28.3. The molecule has 0 spiro atoms. The average molecular weight is 1070 g/mol. The van der Waals surface area contributed by atoms with Crippen LogP contribution in [0.5, 0.6) is 23.0 Å². The molecule has 3 N–H and O–H groups in total. The molecule has 5 aromatic rings. The van der Waals surface area contributed by atoms with Gasteiger partial charge in [-0.3, -0.25) is 24.2 Å². The third-order valence-electron chi connectivity index (χ3n) is 14.3. The van der Waals surface area contributed by atoms with Crippen LogP contribution in [0, 0.1) is 18.3 Å². The van der Waals surface area contributed by atoms with Crippen molar-refractivity contribution >= 4 is 80.4 Å². The van der Waals surface area contributed by atoms with Crippen molar-refractivity contribution < 1.29 is 38.1 Å². The number of fused-ring (bicyclic) bond motifs is 5. The first-order chi connectivity index (χ1) is 36.7. The summed E-state index contributed by atoms with van der Waals surface area (Å²) >= 11 is 0. The molecule has 3 aliphatic heterocycles. The number of anilines is 4. The number of hydrogen-bond acceptors (Lipinski definition) is 12. The van der Waals surface area contributed by atoms with Crippen LogP contribution < -0.4 is 44.7 Å². The predicted molar refractivity (Wildman–Crippen MR) is 307 cm³/mol. The number of methoxy groups -OCH3 is 2. The van der Waals surface area contributed by atoms with Crippen molar-refractivity contribution in [3.63, 3.8) is 0 Å². The molecule has 4 amide bonds. The third-order valence-corrected chi connectivity index (χ3v) is 17.5. The number of aliphatic imine (C=N–C) groups is 1. The van der Waals surface area contributed by atoms with Crippen molar-refractivity contribution in [2.75, 3.05) is 53.5 Å². The lowest BCUT2D eigenvalue weighted by molar-refractivity contribution is -0.121. The number of nitrogens with zero attached hydrogens (tertiary/aromatic N) is 3. The van der Waals surface area contributed by atoms with E-state index in [9.17, 15) is 19.2 Å². The maximum atomic E-state index is 14.2.